The van der Waals surface area contributed by atoms with Crippen LogP contribution in [0, 0.1) is 5.82 Å². The summed E-state index contributed by atoms with van der Waals surface area (Å²) in [5.74, 6) is -0.132. The molecule has 3 heteroatoms. The lowest BCUT2D eigenvalue weighted by Crippen LogP contribution is -2.20. The lowest BCUT2D eigenvalue weighted by atomic mass is 10.1. The molecule has 0 spiro atoms. The van der Waals surface area contributed by atoms with Gasteiger partial charge >= 0.3 is 0 Å². The van der Waals surface area contributed by atoms with E-state index in [1.807, 2.05) is 19.1 Å². The summed E-state index contributed by atoms with van der Waals surface area (Å²) in [4.78, 5) is 2.23. The molecule has 1 aliphatic heterocycles. The molecule has 0 bridgehead atoms. The van der Waals surface area contributed by atoms with Crippen molar-refractivity contribution in [2.75, 3.05) is 18.0 Å². The van der Waals surface area contributed by atoms with Gasteiger partial charge in [0.2, 0.25) is 0 Å². The van der Waals surface area contributed by atoms with Gasteiger partial charge in [-0.15, -0.1) is 0 Å². The predicted molar refractivity (Wildman–Crippen MR) is 80.9 cm³/mol. The number of nitrogens with zero attached hydrogens (tertiary/aromatic N) is 1. The lowest BCUT2D eigenvalue weighted by molar-refractivity contribution is 0.593. The molecule has 2 aromatic rings. The highest BCUT2D eigenvalue weighted by molar-refractivity contribution is 5.72. The van der Waals surface area contributed by atoms with Crippen molar-refractivity contribution in [3.8, 4) is 0 Å². The fraction of sp³-hybridized carbons (Fsp3) is 0.294. The van der Waals surface area contributed by atoms with Gasteiger partial charge in [-0.2, -0.15) is 0 Å². The van der Waals surface area contributed by atoms with Crippen LogP contribution in [0.15, 0.2) is 42.5 Å². The minimum absolute atomic E-state index is 0.132. The van der Waals surface area contributed by atoms with Crippen molar-refractivity contribution in [2.45, 2.75) is 19.9 Å². The predicted octanol–water partition coefficient (Wildman–Crippen LogP) is 3.63. The van der Waals surface area contributed by atoms with Crippen molar-refractivity contribution >= 4 is 11.4 Å². The van der Waals surface area contributed by atoms with Crippen LogP contribution < -0.4 is 10.2 Å². The van der Waals surface area contributed by atoms with E-state index in [4.69, 9.17) is 0 Å². The Kier molecular flexibility index (Phi) is 3.70. The number of hydrogen-bond donors (Lipinski definition) is 1. The highest BCUT2D eigenvalue weighted by Gasteiger charge is 2.22. The number of benzene rings is 2. The monoisotopic (exact) mass is 270 g/mol. The number of para-hydroxylation sites is 1. The van der Waals surface area contributed by atoms with Crippen molar-refractivity contribution in [1.29, 1.82) is 0 Å². The maximum Gasteiger partial charge on any atom is 0.129 e. The van der Waals surface area contributed by atoms with Crippen LogP contribution >= 0.6 is 0 Å². The van der Waals surface area contributed by atoms with Crippen LogP contribution in [0.3, 0.4) is 0 Å². The molecule has 0 radical (unpaired) electrons. The first kappa shape index (κ1) is 13.1. The van der Waals surface area contributed by atoms with E-state index in [1.54, 1.807) is 6.07 Å². The summed E-state index contributed by atoms with van der Waals surface area (Å²) >= 11 is 0. The van der Waals surface area contributed by atoms with Crippen molar-refractivity contribution in [1.82, 2.24) is 5.32 Å². The van der Waals surface area contributed by atoms with Crippen molar-refractivity contribution < 1.29 is 4.39 Å². The average molecular weight is 270 g/mol. The molecule has 0 amide bonds. The largest absolute Gasteiger partial charge is 0.341 e. The molecule has 20 heavy (non-hydrogen) atoms. The summed E-state index contributed by atoms with van der Waals surface area (Å²) in [5.41, 5.74) is 4.28. The molecule has 1 heterocycles. The summed E-state index contributed by atoms with van der Waals surface area (Å²) in [6, 6.07) is 13.7. The summed E-state index contributed by atoms with van der Waals surface area (Å²) < 4.78 is 14.1. The molecule has 2 nitrogen and oxygen atoms in total. The first-order chi connectivity index (χ1) is 9.81. The number of hydrogen-bond acceptors (Lipinski definition) is 2. The van der Waals surface area contributed by atoms with Gasteiger partial charge in [0, 0.05) is 30.0 Å². The van der Waals surface area contributed by atoms with Gasteiger partial charge in [-0.25, -0.2) is 4.39 Å². The van der Waals surface area contributed by atoms with Crippen LogP contribution in [0.4, 0.5) is 15.8 Å². The van der Waals surface area contributed by atoms with Gasteiger partial charge in [0.1, 0.15) is 5.82 Å². The van der Waals surface area contributed by atoms with Crippen LogP contribution in [0.1, 0.15) is 18.1 Å². The van der Waals surface area contributed by atoms with Crippen molar-refractivity contribution in [3.05, 3.63) is 59.4 Å². The second-order valence-corrected chi connectivity index (χ2v) is 5.05. The maximum atomic E-state index is 14.1. The van der Waals surface area contributed by atoms with E-state index >= 15 is 0 Å². The minimum atomic E-state index is -0.132. The van der Waals surface area contributed by atoms with E-state index in [1.165, 1.54) is 17.3 Å². The highest BCUT2D eigenvalue weighted by atomic mass is 19.1. The normalized spacial score (nSPS) is 13.6. The molecule has 0 saturated carbocycles. The number of halogens is 1. The Morgan fingerprint density at radius 1 is 1.10 bits per heavy atom. The van der Waals surface area contributed by atoms with Crippen LogP contribution in [0.25, 0.3) is 0 Å². The highest BCUT2D eigenvalue weighted by Crippen LogP contribution is 2.36. The van der Waals surface area contributed by atoms with Gasteiger partial charge in [0.25, 0.3) is 0 Å². The van der Waals surface area contributed by atoms with E-state index < -0.39 is 0 Å². The van der Waals surface area contributed by atoms with Gasteiger partial charge in [0.05, 0.1) is 0 Å². The van der Waals surface area contributed by atoms with E-state index in [0.717, 1.165) is 30.8 Å². The van der Waals surface area contributed by atoms with Gasteiger partial charge in [-0.3, -0.25) is 0 Å². The third-order valence-corrected chi connectivity index (χ3v) is 3.82. The molecular weight excluding hydrogens is 251 g/mol. The van der Waals surface area contributed by atoms with Crippen molar-refractivity contribution in [2.24, 2.45) is 0 Å². The molecule has 0 aromatic heterocycles. The molecular formula is C17H19FN2. The Bertz CT molecular complexity index is 610. The second-order valence-electron chi connectivity index (χ2n) is 5.05. The first-order valence-corrected chi connectivity index (χ1v) is 7.15. The zero-order chi connectivity index (χ0) is 13.9. The Morgan fingerprint density at radius 2 is 1.90 bits per heavy atom. The van der Waals surface area contributed by atoms with Gasteiger partial charge in [-0.1, -0.05) is 31.2 Å². The summed E-state index contributed by atoms with van der Waals surface area (Å²) in [5, 5.41) is 3.23. The summed E-state index contributed by atoms with van der Waals surface area (Å²) in [6.07, 6.45) is 1.02. The Hall–Kier alpha value is -1.87. The Balaban J connectivity index is 2.01. The van der Waals surface area contributed by atoms with E-state index in [-0.39, 0.29) is 5.82 Å². The smallest absolute Gasteiger partial charge is 0.129 e. The van der Waals surface area contributed by atoms with E-state index in [9.17, 15) is 4.39 Å². The van der Waals surface area contributed by atoms with E-state index in [0.29, 0.717) is 6.54 Å². The standard InChI is InChI=1S/C17H19FN2/c1-2-19-12-14-15(18)7-5-9-17(14)20-11-10-13-6-3-4-8-16(13)20/h3-9,19H,2,10-12H2,1H3. The molecule has 0 aliphatic carbocycles. The molecule has 1 aliphatic rings. The zero-order valence-corrected chi connectivity index (χ0v) is 11.7. The number of anilines is 2. The molecule has 2 aromatic carbocycles. The van der Waals surface area contributed by atoms with Gasteiger partial charge < -0.3 is 10.2 Å². The quantitative estimate of drug-likeness (QED) is 0.912. The number of nitrogens with one attached hydrogen (secondary N) is 1. The maximum absolute atomic E-state index is 14.1. The molecule has 1 N–H and O–H groups in total. The number of rotatable bonds is 4. The molecule has 104 valence electrons. The SMILES string of the molecule is CCNCc1c(F)cccc1N1CCc2ccccc21. The topological polar surface area (TPSA) is 15.3 Å². The summed E-state index contributed by atoms with van der Waals surface area (Å²) in [6.45, 7) is 4.36. The third kappa shape index (κ3) is 2.29. The minimum Gasteiger partial charge on any atom is -0.341 e. The summed E-state index contributed by atoms with van der Waals surface area (Å²) in [7, 11) is 0. The van der Waals surface area contributed by atoms with Crippen LogP contribution in [0.5, 0.6) is 0 Å². The Morgan fingerprint density at radius 3 is 2.75 bits per heavy atom. The van der Waals surface area contributed by atoms with Crippen LogP contribution in [-0.4, -0.2) is 13.1 Å². The molecule has 3 rings (SSSR count). The van der Waals surface area contributed by atoms with Crippen LogP contribution in [-0.2, 0) is 13.0 Å². The lowest BCUT2D eigenvalue weighted by Gasteiger charge is -2.23. The third-order valence-electron chi connectivity index (χ3n) is 3.82. The number of fused-ring (bicyclic) bond motifs is 1. The average Bonchev–Trinajstić information content (AvgIpc) is 2.89. The van der Waals surface area contributed by atoms with Gasteiger partial charge in [-0.05, 0) is 36.7 Å². The second kappa shape index (κ2) is 5.63. The fourth-order valence-corrected chi connectivity index (χ4v) is 2.81. The van der Waals surface area contributed by atoms with Crippen LogP contribution in [0.2, 0.25) is 0 Å². The van der Waals surface area contributed by atoms with E-state index in [2.05, 4.69) is 28.4 Å². The fourth-order valence-electron chi connectivity index (χ4n) is 2.81. The molecule has 0 fully saturated rings. The van der Waals surface area contributed by atoms with Gasteiger partial charge in [0.15, 0.2) is 0 Å². The molecule has 0 saturated heterocycles. The first-order valence-electron chi connectivity index (χ1n) is 7.15. The Labute approximate surface area is 119 Å². The molecule has 0 atom stereocenters. The molecule has 0 unspecified atom stereocenters. The van der Waals surface area contributed by atoms with Crippen molar-refractivity contribution in [3.63, 3.8) is 0 Å². The zero-order valence-electron chi connectivity index (χ0n) is 11.7.